The smallest absolute Gasteiger partial charge is 0.261 e. The molecule has 25 heavy (non-hydrogen) atoms. The minimum Gasteiger partial charge on any atom is -0.338 e. The van der Waals surface area contributed by atoms with Crippen LogP contribution < -0.4 is 4.72 Å². The van der Waals surface area contributed by atoms with Crippen molar-refractivity contribution < 1.29 is 13.2 Å². The lowest BCUT2D eigenvalue weighted by Gasteiger charge is -2.29. The first-order valence-corrected chi connectivity index (χ1v) is 9.93. The fourth-order valence-corrected chi connectivity index (χ4v) is 4.26. The molecule has 1 N–H and O–H groups in total. The van der Waals surface area contributed by atoms with Gasteiger partial charge in [-0.15, -0.1) is 0 Å². The molecule has 2 aromatic carbocycles. The zero-order chi connectivity index (χ0) is 18.0. The lowest BCUT2D eigenvalue weighted by atomic mass is 9.99. The van der Waals surface area contributed by atoms with Gasteiger partial charge in [-0.3, -0.25) is 9.52 Å². The van der Waals surface area contributed by atoms with Gasteiger partial charge in [0.2, 0.25) is 5.91 Å². The molecular weight excluding hydrogens is 360 g/mol. The molecule has 0 radical (unpaired) electrons. The average Bonchev–Trinajstić information content (AvgIpc) is 2.60. The van der Waals surface area contributed by atoms with E-state index in [-0.39, 0.29) is 10.8 Å². The SMILES string of the molecule is CCC(=O)N1CCc2ccc(NS(=O)(=O)c3cccc(Cl)c3)cc2C1. The number of carbonyl (C=O) groups is 1. The molecule has 0 unspecified atom stereocenters. The molecule has 0 atom stereocenters. The van der Waals surface area contributed by atoms with Gasteiger partial charge in [-0.1, -0.05) is 30.7 Å². The van der Waals surface area contributed by atoms with E-state index in [2.05, 4.69) is 4.72 Å². The van der Waals surface area contributed by atoms with Gasteiger partial charge in [-0.05, 0) is 47.9 Å². The van der Waals surface area contributed by atoms with E-state index in [1.165, 1.54) is 12.1 Å². The first-order valence-electron chi connectivity index (χ1n) is 8.07. The van der Waals surface area contributed by atoms with Crippen LogP contribution >= 0.6 is 11.6 Å². The highest BCUT2D eigenvalue weighted by Gasteiger charge is 2.21. The molecule has 7 heteroatoms. The Labute approximate surface area is 152 Å². The standard InChI is InChI=1S/C18H19ClN2O3S/c1-2-18(22)21-9-8-13-6-7-16(10-14(13)12-21)20-25(23,24)17-5-3-4-15(19)11-17/h3-7,10-11,20H,2,8-9,12H2,1H3. The molecule has 0 aromatic heterocycles. The third-order valence-corrected chi connectivity index (χ3v) is 5.85. The van der Waals surface area contributed by atoms with Crippen LogP contribution in [0.4, 0.5) is 5.69 Å². The Balaban J connectivity index is 1.84. The average molecular weight is 379 g/mol. The van der Waals surface area contributed by atoms with Crippen molar-refractivity contribution in [3.05, 3.63) is 58.6 Å². The van der Waals surface area contributed by atoms with Gasteiger partial charge >= 0.3 is 0 Å². The van der Waals surface area contributed by atoms with Crippen molar-refractivity contribution in [1.82, 2.24) is 4.90 Å². The number of hydrogen-bond donors (Lipinski definition) is 1. The van der Waals surface area contributed by atoms with Crippen LogP contribution in [0.15, 0.2) is 47.4 Å². The highest BCUT2D eigenvalue weighted by atomic mass is 35.5. The molecule has 5 nitrogen and oxygen atoms in total. The van der Waals surface area contributed by atoms with Crippen molar-refractivity contribution in [1.29, 1.82) is 0 Å². The van der Waals surface area contributed by atoms with Crippen molar-refractivity contribution in [3.63, 3.8) is 0 Å². The molecule has 0 saturated heterocycles. The lowest BCUT2D eigenvalue weighted by Crippen LogP contribution is -2.35. The molecule has 1 heterocycles. The largest absolute Gasteiger partial charge is 0.338 e. The Morgan fingerprint density at radius 1 is 1.20 bits per heavy atom. The van der Waals surface area contributed by atoms with Crippen LogP contribution in [0.2, 0.25) is 5.02 Å². The van der Waals surface area contributed by atoms with Gasteiger partial charge in [0, 0.05) is 30.2 Å². The van der Waals surface area contributed by atoms with Gasteiger partial charge in [-0.2, -0.15) is 0 Å². The van der Waals surface area contributed by atoms with Gasteiger partial charge < -0.3 is 4.90 Å². The van der Waals surface area contributed by atoms with E-state index < -0.39 is 10.0 Å². The molecular formula is C18H19ClN2O3S. The van der Waals surface area contributed by atoms with E-state index in [0.29, 0.717) is 30.2 Å². The second-order valence-corrected chi connectivity index (χ2v) is 8.08. The van der Waals surface area contributed by atoms with Crippen LogP contribution in [0.5, 0.6) is 0 Å². The molecule has 0 spiro atoms. The van der Waals surface area contributed by atoms with E-state index in [4.69, 9.17) is 11.6 Å². The second kappa shape index (κ2) is 7.06. The zero-order valence-corrected chi connectivity index (χ0v) is 15.4. The molecule has 1 aliphatic heterocycles. The number of fused-ring (bicyclic) bond motifs is 1. The molecule has 1 amide bonds. The summed E-state index contributed by atoms with van der Waals surface area (Å²) in [6, 6.07) is 11.6. The van der Waals surface area contributed by atoms with E-state index in [0.717, 1.165) is 17.5 Å². The molecule has 0 aliphatic carbocycles. The normalized spacial score (nSPS) is 14.1. The van der Waals surface area contributed by atoms with Crippen molar-refractivity contribution >= 4 is 33.2 Å². The number of nitrogens with one attached hydrogen (secondary N) is 1. The minimum atomic E-state index is -3.71. The fraction of sp³-hybridized carbons (Fsp3) is 0.278. The first kappa shape index (κ1) is 17.8. The molecule has 2 aromatic rings. The number of nitrogens with zero attached hydrogens (tertiary/aromatic N) is 1. The topological polar surface area (TPSA) is 66.5 Å². The Morgan fingerprint density at radius 3 is 2.72 bits per heavy atom. The second-order valence-electron chi connectivity index (χ2n) is 5.97. The maximum Gasteiger partial charge on any atom is 0.261 e. The van der Waals surface area contributed by atoms with E-state index in [1.54, 1.807) is 29.2 Å². The summed E-state index contributed by atoms with van der Waals surface area (Å²) < 4.78 is 27.6. The van der Waals surface area contributed by atoms with Crippen LogP contribution in [0.25, 0.3) is 0 Å². The summed E-state index contributed by atoms with van der Waals surface area (Å²) in [6.07, 6.45) is 1.25. The van der Waals surface area contributed by atoms with Crippen molar-refractivity contribution in [2.24, 2.45) is 0 Å². The number of hydrogen-bond acceptors (Lipinski definition) is 3. The highest BCUT2D eigenvalue weighted by molar-refractivity contribution is 7.92. The number of halogens is 1. The van der Waals surface area contributed by atoms with Gasteiger partial charge in [0.25, 0.3) is 10.0 Å². The molecule has 1 aliphatic rings. The number of benzene rings is 2. The maximum absolute atomic E-state index is 12.5. The Hall–Kier alpha value is -2.05. The number of rotatable bonds is 4. The third kappa shape index (κ3) is 3.96. The summed E-state index contributed by atoms with van der Waals surface area (Å²) in [4.78, 5) is 13.8. The maximum atomic E-state index is 12.5. The molecule has 0 saturated carbocycles. The summed E-state index contributed by atoms with van der Waals surface area (Å²) in [5.41, 5.74) is 2.59. The fourth-order valence-electron chi connectivity index (χ4n) is 2.91. The van der Waals surface area contributed by atoms with Crippen molar-refractivity contribution in [2.45, 2.75) is 31.2 Å². The Kier molecular flexibility index (Phi) is 5.01. The quantitative estimate of drug-likeness (QED) is 0.886. The number of carbonyl (C=O) groups excluding carboxylic acids is 1. The van der Waals surface area contributed by atoms with Crippen LogP contribution in [-0.2, 0) is 27.8 Å². The first-order chi connectivity index (χ1) is 11.9. The number of amides is 1. The summed E-state index contributed by atoms with van der Waals surface area (Å²) in [6.45, 7) is 3.05. The highest BCUT2D eigenvalue weighted by Crippen LogP contribution is 2.25. The van der Waals surface area contributed by atoms with E-state index in [1.807, 2.05) is 13.0 Å². The van der Waals surface area contributed by atoms with Gasteiger partial charge in [0.15, 0.2) is 0 Å². The van der Waals surface area contributed by atoms with Crippen LogP contribution in [0, 0.1) is 0 Å². The molecule has 132 valence electrons. The van der Waals surface area contributed by atoms with Crippen LogP contribution in [0.1, 0.15) is 24.5 Å². The Bertz CT molecular complexity index is 912. The molecule has 0 bridgehead atoms. The van der Waals surface area contributed by atoms with Crippen LogP contribution in [0.3, 0.4) is 0 Å². The lowest BCUT2D eigenvalue weighted by molar-refractivity contribution is -0.131. The van der Waals surface area contributed by atoms with Gasteiger partial charge in [0.05, 0.1) is 4.90 Å². The summed E-state index contributed by atoms with van der Waals surface area (Å²) in [7, 11) is -3.71. The monoisotopic (exact) mass is 378 g/mol. The van der Waals surface area contributed by atoms with Gasteiger partial charge in [0.1, 0.15) is 0 Å². The zero-order valence-electron chi connectivity index (χ0n) is 13.8. The summed E-state index contributed by atoms with van der Waals surface area (Å²) >= 11 is 5.88. The van der Waals surface area contributed by atoms with Crippen LogP contribution in [-0.4, -0.2) is 25.8 Å². The minimum absolute atomic E-state index is 0.107. The van der Waals surface area contributed by atoms with Crippen molar-refractivity contribution in [2.75, 3.05) is 11.3 Å². The van der Waals surface area contributed by atoms with E-state index in [9.17, 15) is 13.2 Å². The Morgan fingerprint density at radius 2 is 2.00 bits per heavy atom. The summed E-state index contributed by atoms with van der Waals surface area (Å²) in [5, 5.41) is 0.363. The van der Waals surface area contributed by atoms with Gasteiger partial charge in [-0.25, -0.2) is 8.42 Å². The predicted molar refractivity (Wildman–Crippen MR) is 98.1 cm³/mol. The predicted octanol–water partition coefficient (Wildman–Crippen LogP) is 3.44. The van der Waals surface area contributed by atoms with E-state index >= 15 is 0 Å². The van der Waals surface area contributed by atoms with Crippen molar-refractivity contribution in [3.8, 4) is 0 Å². The number of anilines is 1. The summed E-state index contributed by atoms with van der Waals surface area (Å²) in [5.74, 6) is 0.107. The molecule has 3 rings (SSSR count). The molecule has 0 fully saturated rings. The number of sulfonamides is 1. The third-order valence-electron chi connectivity index (χ3n) is 4.23.